The van der Waals surface area contributed by atoms with Gasteiger partial charge in [-0.1, -0.05) is 60.7 Å². The van der Waals surface area contributed by atoms with Gasteiger partial charge in [0.05, 0.1) is 22.8 Å². The number of hydrogen-bond acceptors (Lipinski definition) is 10. The molecule has 2 fully saturated rings. The van der Waals surface area contributed by atoms with E-state index in [2.05, 4.69) is 50.2 Å². The number of aromatic nitrogens is 6. The molecule has 2 aliphatic carbocycles. The first kappa shape index (κ1) is 42.7. The van der Waals surface area contributed by atoms with Crippen LogP contribution in [-0.4, -0.2) is 54.8 Å². The highest BCUT2D eigenvalue weighted by molar-refractivity contribution is 6.00. The average molecular weight is 869 g/mol. The smallest absolute Gasteiger partial charge is 0.229 e. The van der Waals surface area contributed by atoms with Crippen LogP contribution in [0.25, 0.3) is 76.3 Å². The molecule has 10 rings (SSSR count). The fourth-order valence-electron chi connectivity index (χ4n) is 8.16. The molecule has 66 heavy (non-hydrogen) atoms. The molecule has 0 spiro atoms. The zero-order chi connectivity index (χ0) is 45.9. The number of nitrogen functional groups attached to an aromatic ring is 2. The summed E-state index contributed by atoms with van der Waals surface area (Å²) in [6, 6.07) is 31.6. The van der Waals surface area contributed by atoms with Crippen molar-refractivity contribution in [1.29, 1.82) is 0 Å². The van der Waals surface area contributed by atoms with E-state index in [0.717, 1.165) is 79.2 Å². The van der Waals surface area contributed by atoms with Crippen molar-refractivity contribution in [3.8, 4) is 45.0 Å². The molecular formula is C52H44N12O2. The van der Waals surface area contributed by atoms with E-state index in [9.17, 15) is 9.59 Å². The second-order valence-electron chi connectivity index (χ2n) is 16.7. The molecule has 2 amide bonds. The van der Waals surface area contributed by atoms with Gasteiger partial charge in [0.15, 0.2) is 0 Å². The number of nitrogens with zero attached hydrogens (tertiary/aromatic N) is 8. The van der Waals surface area contributed by atoms with E-state index in [1.807, 2.05) is 123 Å². The highest BCUT2D eigenvalue weighted by Gasteiger charge is 2.46. The van der Waals surface area contributed by atoms with Crippen LogP contribution in [0.3, 0.4) is 0 Å². The molecule has 2 saturated carbocycles. The quantitative estimate of drug-likeness (QED) is 0.0961. The van der Waals surface area contributed by atoms with Crippen LogP contribution in [0, 0.1) is 50.7 Å². The number of fused-ring (bicyclic) bond motifs is 2. The maximum absolute atomic E-state index is 12.4. The molecule has 0 saturated heterocycles. The lowest BCUT2D eigenvalue weighted by molar-refractivity contribution is -0.118. The number of carbonyl (C=O) groups is 2. The second-order valence-corrected chi connectivity index (χ2v) is 16.7. The first-order chi connectivity index (χ1) is 32.1. The molecule has 2 aliphatic rings. The molecule has 6 N–H and O–H groups in total. The van der Waals surface area contributed by atoms with Gasteiger partial charge in [0, 0.05) is 81.5 Å². The Morgan fingerprint density at radius 2 is 0.985 bits per heavy atom. The van der Waals surface area contributed by atoms with E-state index in [0.29, 0.717) is 47.7 Å². The third-order valence-electron chi connectivity index (χ3n) is 12.1. The monoisotopic (exact) mass is 868 g/mol. The van der Waals surface area contributed by atoms with Crippen LogP contribution in [0.1, 0.15) is 24.0 Å². The van der Waals surface area contributed by atoms with Crippen molar-refractivity contribution >= 4 is 56.6 Å². The Morgan fingerprint density at radius 1 is 0.576 bits per heavy atom. The summed E-state index contributed by atoms with van der Waals surface area (Å²) in [5.41, 5.74) is 21.7. The lowest BCUT2D eigenvalue weighted by Gasteiger charge is -2.11. The number of nitrogens with two attached hydrogens (primary N) is 2. The van der Waals surface area contributed by atoms with Gasteiger partial charge >= 0.3 is 0 Å². The molecule has 2 aromatic carbocycles. The van der Waals surface area contributed by atoms with Gasteiger partial charge in [-0.15, -0.1) is 0 Å². The van der Waals surface area contributed by atoms with E-state index in [1.165, 1.54) is 0 Å². The Morgan fingerprint density at radius 3 is 1.36 bits per heavy atom. The first-order valence-electron chi connectivity index (χ1n) is 21.5. The summed E-state index contributed by atoms with van der Waals surface area (Å²) in [6.07, 6.45) is 8.41. The van der Waals surface area contributed by atoms with Crippen LogP contribution in [0.4, 0.5) is 23.3 Å². The summed E-state index contributed by atoms with van der Waals surface area (Å²) in [6.45, 7) is 18.8. The minimum Gasteiger partial charge on any atom is -0.383 e. The third-order valence-corrected chi connectivity index (χ3v) is 12.1. The van der Waals surface area contributed by atoms with E-state index < -0.39 is 0 Å². The minimum absolute atomic E-state index is 0.0886. The third kappa shape index (κ3) is 9.21. The van der Waals surface area contributed by atoms with Crippen LogP contribution in [-0.2, 0) is 9.59 Å². The summed E-state index contributed by atoms with van der Waals surface area (Å²) in [7, 11) is 0. The van der Waals surface area contributed by atoms with E-state index in [4.69, 9.17) is 24.6 Å². The fraction of sp³-hybridized carbons (Fsp3) is 0.192. The van der Waals surface area contributed by atoms with Crippen LogP contribution < -0.4 is 22.1 Å². The number of carbonyl (C=O) groups excluding carboxylic acids is 2. The molecule has 0 radical (unpaired) electrons. The predicted octanol–water partition coefficient (Wildman–Crippen LogP) is 9.49. The molecule has 14 nitrogen and oxygen atoms in total. The lowest BCUT2D eigenvalue weighted by Crippen LogP contribution is -2.16. The molecule has 6 aromatic heterocycles. The molecular weight excluding hydrogens is 825 g/mol. The van der Waals surface area contributed by atoms with Crippen molar-refractivity contribution in [1.82, 2.24) is 29.9 Å². The van der Waals surface area contributed by atoms with Gasteiger partial charge in [-0.2, -0.15) is 0 Å². The van der Waals surface area contributed by atoms with Gasteiger partial charge in [-0.3, -0.25) is 19.6 Å². The molecule has 324 valence electrons. The second kappa shape index (κ2) is 18.2. The Balaban J connectivity index is 0.000000166. The Bertz CT molecular complexity index is 3040. The van der Waals surface area contributed by atoms with E-state index in [1.54, 1.807) is 12.4 Å². The van der Waals surface area contributed by atoms with Gasteiger partial charge in [0.25, 0.3) is 0 Å². The standard InChI is InChI=1S/2C26H22N6O/c2*1-15-8-22(16-6-4-3-5-7-16)29-13-20(15)23-10-17-11-24(30-14-21(17)25(27)31-23)32-26(33)19-9-18(19)12-28-2/h2*3-8,10-11,13-14,18-19H,9,12H2,1H3,(H2,27,31)(H,30,32,33)/t2*18-,19+/m10/s1. The number of anilines is 4. The zero-order valence-corrected chi connectivity index (χ0v) is 36.2. The highest BCUT2D eigenvalue weighted by Crippen LogP contribution is 2.41. The number of nitrogens with one attached hydrogen (secondary N) is 2. The maximum Gasteiger partial charge on any atom is 0.229 e. The predicted molar refractivity (Wildman–Crippen MR) is 258 cm³/mol. The Kier molecular flexibility index (Phi) is 11.8. The van der Waals surface area contributed by atoms with Crippen LogP contribution in [0.2, 0.25) is 0 Å². The summed E-state index contributed by atoms with van der Waals surface area (Å²) in [4.78, 5) is 58.7. The zero-order valence-electron chi connectivity index (χ0n) is 36.2. The number of benzene rings is 2. The van der Waals surface area contributed by atoms with Gasteiger partial charge in [0.1, 0.15) is 23.3 Å². The van der Waals surface area contributed by atoms with Crippen molar-refractivity contribution in [3.63, 3.8) is 0 Å². The molecule has 8 aromatic rings. The molecule has 0 aliphatic heterocycles. The SMILES string of the molecule is [C-]#[N+]C[C@@H]1C[C@H]1C(=O)Nc1cc2cc(-c3cnc(-c4ccccc4)cc3C)nc(N)c2cn1.[C-]#[N+]C[C@H]1C[C@@H]1C(=O)Nc1cc2cc(-c3cnc(-c4ccccc4)cc3C)nc(N)c2cn1. The van der Waals surface area contributed by atoms with Gasteiger partial charge in [0.2, 0.25) is 24.9 Å². The average Bonchev–Trinajstić information content (AvgIpc) is 4.27. The van der Waals surface area contributed by atoms with Crippen molar-refractivity contribution in [2.24, 2.45) is 23.7 Å². The summed E-state index contributed by atoms with van der Waals surface area (Å²) in [5, 5.41) is 8.86. The van der Waals surface area contributed by atoms with Gasteiger partial charge in [-0.25, -0.2) is 33.1 Å². The number of aryl methyl sites for hydroxylation is 2. The van der Waals surface area contributed by atoms with Crippen LogP contribution in [0.15, 0.2) is 122 Å². The number of rotatable bonds is 10. The summed E-state index contributed by atoms with van der Waals surface area (Å²) in [5.74, 6) is 1.60. The van der Waals surface area contributed by atoms with Crippen molar-refractivity contribution < 1.29 is 9.59 Å². The topological polar surface area (TPSA) is 196 Å². The highest BCUT2D eigenvalue weighted by atomic mass is 16.2. The number of hydrogen-bond donors (Lipinski definition) is 4. The van der Waals surface area contributed by atoms with Crippen molar-refractivity contribution in [3.05, 3.63) is 156 Å². The van der Waals surface area contributed by atoms with Gasteiger partial charge in [-0.05, 0) is 85.0 Å². The Labute approximate surface area is 381 Å². The Hall–Kier alpha value is -8.62. The van der Waals surface area contributed by atoms with Crippen molar-refractivity contribution in [2.75, 3.05) is 35.2 Å². The molecule has 4 atom stereocenters. The molecule has 14 heteroatoms. The van der Waals surface area contributed by atoms with Crippen LogP contribution in [0.5, 0.6) is 0 Å². The normalized spacial score (nSPS) is 16.8. The summed E-state index contributed by atoms with van der Waals surface area (Å²) >= 11 is 0. The van der Waals surface area contributed by atoms with E-state index >= 15 is 0 Å². The maximum atomic E-state index is 12.4. The van der Waals surface area contributed by atoms with E-state index in [-0.39, 0.29) is 35.5 Å². The molecule has 0 bridgehead atoms. The fourth-order valence-corrected chi connectivity index (χ4v) is 8.16. The number of pyridine rings is 6. The largest absolute Gasteiger partial charge is 0.383 e. The molecule has 0 unspecified atom stereocenters. The van der Waals surface area contributed by atoms with Crippen LogP contribution >= 0.6 is 0 Å². The first-order valence-corrected chi connectivity index (χ1v) is 21.5. The number of amides is 2. The van der Waals surface area contributed by atoms with Crippen molar-refractivity contribution in [2.45, 2.75) is 26.7 Å². The van der Waals surface area contributed by atoms with Gasteiger partial charge < -0.3 is 31.8 Å². The molecule has 6 heterocycles. The summed E-state index contributed by atoms with van der Waals surface area (Å²) < 4.78 is 0. The lowest BCUT2D eigenvalue weighted by atomic mass is 10.0. The minimum atomic E-state index is -0.105.